The highest BCUT2D eigenvalue weighted by atomic mass is 16.4. The molecule has 0 spiro atoms. The van der Waals surface area contributed by atoms with Crippen molar-refractivity contribution in [2.75, 3.05) is 0 Å². The maximum atomic E-state index is 10.7. The Bertz CT molecular complexity index is 193. The van der Waals surface area contributed by atoms with Crippen LogP contribution in [0, 0.1) is 0 Å². The second-order valence-electron chi connectivity index (χ2n) is 3.04. The van der Waals surface area contributed by atoms with Crippen molar-refractivity contribution >= 4 is 6.09 Å². The molecule has 0 atom stereocenters. The molecule has 0 fully saturated rings. The molecule has 0 rings (SSSR count). The standard InChI is InChI=1S/C11H19NO2/c1-3-5-7-9-12(11(13)14)10-8-6-4-2/h7-10H,3-6H2,1-2H3,(H,13,14)/b9-7+,10-8+. The summed E-state index contributed by atoms with van der Waals surface area (Å²) in [7, 11) is 0. The fourth-order valence-electron chi connectivity index (χ4n) is 0.887. The Labute approximate surface area is 85.7 Å². The van der Waals surface area contributed by atoms with E-state index in [0.717, 1.165) is 25.7 Å². The van der Waals surface area contributed by atoms with Crippen molar-refractivity contribution in [2.45, 2.75) is 39.5 Å². The molecule has 3 heteroatoms. The van der Waals surface area contributed by atoms with Crippen molar-refractivity contribution in [1.29, 1.82) is 0 Å². The Morgan fingerprint density at radius 1 is 1.14 bits per heavy atom. The molecule has 0 aromatic carbocycles. The third-order valence-corrected chi connectivity index (χ3v) is 1.66. The predicted molar refractivity (Wildman–Crippen MR) is 58.0 cm³/mol. The maximum absolute atomic E-state index is 10.7. The molecule has 0 saturated carbocycles. The normalized spacial score (nSPS) is 11.3. The quantitative estimate of drug-likeness (QED) is 0.706. The van der Waals surface area contributed by atoms with Crippen molar-refractivity contribution in [3.05, 3.63) is 24.6 Å². The first-order chi connectivity index (χ1) is 6.72. The van der Waals surface area contributed by atoms with Gasteiger partial charge in [-0.1, -0.05) is 38.8 Å². The van der Waals surface area contributed by atoms with Gasteiger partial charge < -0.3 is 5.11 Å². The minimum atomic E-state index is -0.940. The number of carboxylic acid groups (broad SMARTS) is 1. The lowest BCUT2D eigenvalue weighted by molar-refractivity contribution is 0.175. The molecule has 0 radical (unpaired) electrons. The second kappa shape index (κ2) is 8.35. The molecule has 1 N–H and O–H groups in total. The highest BCUT2D eigenvalue weighted by molar-refractivity contribution is 5.67. The molecule has 14 heavy (non-hydrogen) atoms. The van der Waals surface area contributed by atoms with Gasteiger partial charge in [-0.15, -0.1) is 0 Å². The summed E-state index contributed by atoms with van der Waals surface area (Å²) < 4.78 is 0. The Morgan fingerprint density at radius 2 is 1.57 bits per heavy atom. The van der Waals surface area contributed by atoms with Crippen molar-refractivity contribution in [2.24, 2.45) is 0 Å². The first-order valence-corrected chi connectivity index (χ1v) is 5.07. The summed E-state index contributed by atoms with van der Waals surface area (Å²) in [5.74, 6) is 0. The molecule has 0 aliphatic carbocycles. The van der Waals surface area contributed by atoms with Crippen molar-refractivity contribution in [3.8, 4) is 0 Å². The average Bonchev–Trinajstić information content (AvgIpc) is 2.15. The summed E-state index contributed by atoms with van der Waals surface area (Å²) in [5, 5.41) is 8.80. The van der Waals surface area contributed by atoms with Gasteiger partial charge in [0.05, 0.1) is 0 Å². The second-order valence-corrected chi connectivity index (χ2v) is 3.04. The maximum Gasteiger partial charge on any atom is 0.415 e. The highest BCUT2D eigenvalue weighted by Gasteiger charge is 2.01. The predicted octanol–water partition coefficient (Wildman–Crippen LogP) is 3.59. The molecule has 0 aliphatic heterocycles. The zero-order chi connectivity index (χ0) is 10.8. The zero-order valence-electron chi connectivity index (χ0n) is 8.94. The number of carbonyl (C=O) groups is 1. The summed E-state index contributed by atoms with van der Waals surface area (Å²) in [6, 6.07) is 0. The monoisotopic (exact) mass is 197 g/mol. The van der Waals surface area contributed by atoms with Crippen LogP contribution in [-0.4, -0.2) is 16.1 Å². The van der Waals surface area contributed by atoms with Crippen LogP contribution < -0.4 is 0 Å². The molecule has 80 valence electrons. The number of hydrogen-bond donors (Lipinski definition) is 1. The van der Waals surface area contributed by atoms with Crippen LogP contribution in [0.15, 0.2) is 24.6 Å². The largest absolute Gasteiger partial charge is 0.464 e. The average molecular weight is 197 g/mol. The van der Waals surface area contributed by atoms with Crippen LogP contribution >= 0.6 is 0 Å². The van der Waals surface area contributed by atoms with Gasteiger partial charge in [-0.05, 0) is 12.8 Å². The first-order valence-electron chi connectivity index (χ1n) is 5.07. The van der Waals surface area contributed by atoms with E-state index in [1.54, 1.807) is 12.4 Å². The molecule has 0 heterocycles. The summed E-state index contributed by atoms with van der Waals surface area (Å²) in [6.45, 7) is 4.12. The number of allylic oxidation sites excluding steroid dienone is 2. The molecule has 0 bridgehead atoms. The van der Waals surface area contributed by atoms with Crippen LogP contribution in [0.1, 0.15) is 39.5 Å². The molecule has 3 nitrogen and oxygen atoms in total. The number of hydrogen-bond acceptors (Lipinski definition) is 1. The van der Waals surface area contributed by atoms with E-state index < -0.39 is 6.09 Å². The van der Waals surface area contributed by atoms with Crippen molar-refractivity contribution in [3.63, 3.8) is 0 Å². The van der Waals surface area contributed by atoms with Gasteiger partial charge in [0.15, 0.2) is 0 Å². The summed E-state index contributed by atoms with van der Waals surface area (Å²) in [6.07, 6.45) is 9.86. The molecular weight excluding hydrogens is 178 g/mol. The third kappa shape index (κ3) is 6.29. The summed E-state index contributed by atoms with van der Waals surface area (Å²) >= 11 is 0. The van der Waals surface area contributed by atoms with Gasteiger partial charge in [0.2, 0.25) is 0 Å². The zero-order valence-corrected chi connectivity index (χ0v) is 8.94. The molecule has 0 unspecified atom stereocenters. The Hall–Kier alpha value is -1.25. The molecule has 0 aromatic rings. The minimum Gasteiger partial charge on any atom is -0.464 e. The Kier molecular flexibility index (Phi) is 7.61. The number of unbranched alkanes of at least 4 members (excludes halogenated alkanes) is 2. The van der Waals surface area contributed by atoms with Crippen molar-refractivity contribution in [1.82, 2.24) is 4.90 Å². The van der Waals surface area contributed by atoms with E-state index in [4.69, 9.17) is 5.11 Å². The van der Waals surface area contributed by atoms with E-state index in [2.05, 4.69) is 13.8 Å². The van der Waals surface area contributed by atoms with Gasteiger partial charge in [-0.3, -0.25) is 4.90 Å². The lowest BCUT2D eigenvalue weighted by Gasteiger charge is -2.07. The number of rotatable bonds is 6. The molecule has 0 saturated heterocycles. The number of nitrogens with zero attached hydrogens (tertiary/aromatic N) is 1. The number of amides is 1. The van der Waals surface area contributed by atoms with E-state index in [1.165, 1.54) is 4.90 Å². The molecule has 0 aliphatic rings. The fraction of sp³-hybridized carbons (Fsp3) is 0.545. The van der Waals surface area contributed by atoms with Crippen LogP contribution in [0.25, 0.3) is 0 Å². The molecule has 0 aromatic heterocycles. The van der Waals surface area contributed by atoms with Crippen LogP contribution in [0.2, 0.25) is 0 Å². The summed E-state index contributed by atoms with van der Waals surface area (Å²) in [4.78, 5) is 11.9. The highest BCUT2D eigenvalue weighted by Crippen LogP contribution is 1.98. The third-order valence-electron chi connectivity index (χ3n) is 1.66. The minimum absolute atomic E-state index is 0.908. The van der Waals surface area contributed by atoms with E-state index >= 15 is 0 Å². The van der Waals surface area contributed by atoms with Gasteiger partial charge in [-0.2, -0.15) is 0 Å². The van der Waals surface area contributed by atoms with E-state index in [0.29, 0.717) is 0 Å². The SMILES string of the molecule is CCC/C=C/N(/C=C/CCC)C(=O)O. The molecular formula is C11H19NO2. The molecule has 1 amide bonds. The fourth-order valence-corrected chi connectivity index (χ4v) is 0.887. The van der Waals surface area contributed by atoms with Crippen LogP contribution in [0.3, 0.4) is 0 Å². The Balaban J connectivity index is 4.08. The lowest BCUT2D eigenvalue weighted by Crippen LogP contribution is -2.16. The van der Waals surface area contributed by atoms with Gasteiger partial charge in [0.1, 0.15) is 0 Å². The van der Waals surface area contributed by atoms with Crippen LogP contribution in [-0.2, 0) is 0 Å². The summed E-state index contributed by atoms with van der Waals surface area (Å²) in [5.41, 5.74) is 0. The van der Waals surface area contributed by atoms with E-state index in [1.807, 2.05) is 12.2 Å². The van der Waals surface area contributed by atoms with E-state index in [9.17, 15) is 4.79 Å². The smallest absolute Gasteiger partial charge is 0.415 e. The first kappa shape index (κ1) is 12.8. The topological polar surface area (TPSA) is 40.5 Å². The Morgan fingerprint density at radius 3 is 1.86 bits per heavy atom. The van der Waals surface area contributed by atoms with Crippen molar-refractivity contribution < 1.29 is 9.90 Å². The van der Waals surface area contributed by atoms with Gasteiger partial charge in [-0.25, -0.2) is 4.79 Å². The van der Waals surface area contributed by atoms with Gasteiger partial charge in [0.25, 0.3) is 0 Å². The van der Waals surface area contributed by atoms with Gasteiger partial charge >= 0.3 is 6.09 Å². The van der Waals surface area contributed by atoms with E-state index in [-0.39, 0.29) is 0 Å². The van der Waals surface area contributed by atoms with Crippen LogP contribution in [0.5, 0.6) is 0 Å². The van der Waals surface area contributed by atoms with Crippen LogP contribution in [0.4, 0.5) is 4.79 Å². The lowest BCUT2D eigenvalue weighted by atomic mass is 10.3. The van der Waals surface area contributed by atoms with Gasteiger partial charge in [0, 0.05) is 12.4 Å².